The lowest BCUT2D eigenvalue weighted by molar-refractivity contribution is -0.141. The van der Waals surface area contributed by atoms with Crippen LogP contribution in [0, 0.1) is 0 Å². The summed E-state index contributed by atoms with van der Waals surface area (Å²) in [5, 5.41) is 5.24. The van der Waals surface area contributed by atoms with Crippen LogP contribution in [0.3, 0.4) is 0 Å². The minimum absolute atomic E-state index is 0.000128. The average Bonchev–Trinajstić information content (AvgIpc) is 3.39. The van der Waals surface area contributed by atoms with Gasteiger partial charge in [0.25, 0.3) is 5.91 Å². The Morgan fingerprint density at radius 2 is 1.47 bits per heavy atom. The first-order valence-electron chi connectivity index (χ1n) is 10.6. The zero-order valence-corrected chi connectivity index (χ0v) is 20.0. The summed E-state index contributed by atoms with van der Waals surface area (Å²) >= 11 is 0. The highest BCUT2D eigenvalue weighted by Gasteiger charge is 2.34. The van der Waals surface area contributed by atoms with Crippen molar-refractivity contribution in [2.24, 2.45) is 0 Å². The van der Waals surface area contributed by atoms with E-state index in [0.717, 1.165) is 10.6 Å². The van der Waals surface area contributed by atoms with Gasteiger partial charge >= 0.3 is 6.18 Å². The summed E-state index contributed by atoms with van der Waals surface area (Å²) in [6.07, 6.45) is -4.66. The third-order valence-corrected chi connectivity index (χ3v) is 7.42. The van der Waals surface area contributed by atoms with Gasteiger partial charge in [-0.3, -0.25) is 9.89 Å². The minimum atomic E-state index is -4.66. The number of hydrogen-bond acceptors (Lipinski definition) is 5. The number of amides is 1. The molecule has 0 spiro atoms. The van der Waals surface area contributed by atoms with Crippen LogP contribution in [0.1, 0.15) is 16.2 Å². The zero-order chi connectivity index (χ0) is 26.1. The number of carbonyl (C=O) groups excluding carboxylic acids is 1. The lowest BCUT2D eigenvalue weighted by atomic mass is 10.2. The predicted octanol–water partition coefficient (Wildman–Crippen LogP) is 5.31. The summed E-state index contributed by atoms with van der Waals surface area (Å²) in [5.74, 6) is -0.785. The molecule has 1 heterocycles. The third-order valence-electron chi connectivity index (χ3n) is 5.60. The second-order valence-electron chi connectivity index (χ2n) is 7.89. The van der Waals surface area contributed by atoms with Crippen LogP contribution >= 0.6 is 0 Å². The normalized spacial score (nSPS) is 11.8. The van der Waals surface area contributed by atoms with Gasteiger partial charge in [0.05, 0.1) is 15.5 Å². The zero-order valence-electron chi connectivity index (χ0n) is 19.2. The maximum atomic E-state index is 13.5. The maximum absolute atomic E-state index is 13.5. The van der Waals surface area contributed by atoms with Crippen molar-refractivity contribution >= 4 is 32.8 Å². The van der Waals surface area contributed by atoms with Gasteiger partial charge in [0, 0.05) is 31.5 Å². The van der Waals surface area contributed by atoms with Gasteiger partial charge in [0.15, 0.2) is 5.69 Å². The fraction of sp³-hybridized carbons (Fsp3) is 0.120. The molecule has 1 N–H and O–H groups in total. The van der Waals surface area contributed by atoms with Gasteiger partial charge in [-0.05, 0) is 48.5 Å². The van der Waals surface area contributed by atoms with Crippen LogP contribution in [-0.2, 0) is 16.0 Å². The van der Waals surface area contributed by atoms with Gasteiger partial charge in [-0.25, -0.2) is 8.42 Å². The van der Waals surface area contributed by atoms with Crippen molar-refractivity contribution in [2.45, 2.75) is 16.0 Å². The minimum Gasteiger partial charge on any atom is -0.344 e. The SMILES string of the molecule is CN(C(=O)c1cc(C(F)(F)F)[nH]n1)c1ccc(S(=O)(=O)c2ccccc2N(C)c2ccccc2)cc1. The fourth-order valence-corrected chi connectivity index (χ4v) is 5.08. The van der Waals surface area contributed by atoms with E-state index in [2.05, 4.69) is 5.10 Å². The molecule has 0 aliphatic heterocycles. The molecule has 1 amide bonds. The molecule has 1 aromatic heterocycles. The molecule has 186 valence electrons. The number of rotatable bonds is 6. The largest absolute Gasteiger partial charge is 0.432 e. The first kappa shape index (κ1) is 25.0. The molecular weight excluding hydrogens is 493 g/mol. The Bertz CT molecular complexity index is 1480. The molecule has 4 rings (SSSR count). The van der Waals surface area contributed by atoms with E-state index in [0.29, 0.717) is 11.8 Å². The third kappa shape index (κ3) is 4.82. The number of benzene rings is 3. The lowest BCUT2D eigenvalue weighted by Crippen LogP contribution is -2.26. The van der Waals surface area contributed by atoms with Crippen molar-refractivity contribution in [1.82, 2.24) is 10.2 Å². The first-order valence-corrected chi connectivity index (χ1v) is 12.1. The number of aromatic amines is 1. The molecule has 0 fully saturated rings. The molecule has 0 bridgehead atoms. The summed E-state index contributed by atoms with van der Waals surface area (Å²) < 4.78 is 65.4. The quantitative estimate of drug-likeness (QED) is 0.377. The monoisotopic (exact) mass is 514 g/mol. The Morgan fingerprint density at radius 3 is 2.08 bits per heavy atom. The number of sulfone groups is 1. The van der Waals surface area contributed by atoms with E-state index in [-0.39, 0.29) is 15.5 Å². The summed E-state index contributed by atoms with van der Waals surface area (Å²) in [4.78, 5) is 15.6. The molecule has 11 heteroatoms. The number of nitrogens with one attached hydrogen (secondary N) is 1. The van der Waals surface area contributed by atoms with Gasteiger partial charge in [0.2, 0.25) is 9.84 Å². The molecule has 0 aliphatic carbocycles. The first-order chi connectivity index (χ1) is 17.0. The van der Waals surface area contributed by atoms with Crippen molar-refractivity contribution in [1.29, 1.82) is 0 Å². The van der Waals surface area contributed by atoms with Crippen LogP contribution in [0.5, 0.6) is 0 Å². The summed E-state index contributed by atoms with van der Waals surface area (Å²) in [7, 11) is -0.809. The van der Waals surface area contributed by atoms with Gasteiger partial charge < -0.3 is 9.80 Å². The molecule has 0 unspecified atom stereocenters. The lowest BCUT2D eigenvalue weighted by Gasteiger charge is -2.22. The van der Waals surface area contributed by atoms with Crippen LogP contribution in [0.4, 0.5) is 30.2 Å². The molecule has 0 saturated heterocycles. The van der Waals surface area contributed by atoms with Crippen LogP contribution in [0.2, 0.25) is 0 Å². The molecule has 7 nitrogen and oxygen atoms in total. The van der Waals surface area contributed by atoms with Crippen LogP contribution in [0.25, 0.3) is 0 Å². The van der Waals surface area contributed by atoms with Crippen molar-refractivity contribution in [2.75, 3.05) is 23.9 Å². The number of alkyl halides is 3. The molecular formula is C25H21F3N4O3S. The standard InChI is InChI=1S/C25H21F3N4O3S/c1-31(17-8-4-3-5-9-17)21-10-6-7-11-22(21)36(34,35)19-14-12-18(13-15-19)32(2)24(33)20-16-23(30-29-20)25(26,27)28/h3-16H,1-2H3,(H,29,30). The second kappa shape index (κ2) is 9.50. The Kier molecular flexibility index (Phi) is 6.59. The van der Waals surface area contributed by atoms with Crippen molar-refractivity contribution < 1.29 is 26.4 Å². The number of H-pyrrole nitrogens is 1. The van der Waals surface area contributed by atoms with Crippen LogP contribution < -0.4 is 9.80 Å². The van der Waals surface area contributed by atoms with Gasteiger partial charge in [0.1, 0.15) is 5.69 Å². The Labute approximate surface area is 205 Å². The van der Waals surface area contributed by atoms with E-state index >= 15 is 0 Å². The molecule has 4 aromatic rings. The van der Waals surface area contributed by atoms with E-state index in [1.165, 1.54) is 37.4 Å². The average molecular weight is 515 g/mol. The maximum Gasteiger partial charge on any atom is 0.432 e. The molecule has 3 aromatic carbocycles. The second-order valence-corrected chi connectivity index (χ2v) is 9.81. The van der Waals surface area contributed by atoms with Gasteiger partial charge in [-0.2, -0.15) is 18.3 Å². The van der Waals surface area contributed by atoms with Gasteiger partial charge in [-0.15, -0.1) is 0 Å². The topological polar surface area (TPSA) is 86.4 Å². The van der Waals surface area contributed by atoms with Gasteiger partial charge in [-0.1, -0.05) is 30.3 Å². The number of anilines is 3. The Hall–Kier alpha value is -4.12. The summed E-state index contributed by atoms with van der Waals surface area (Å²) in [6.45, 7) is 0. The number of aromatic nitrogens is 2. The van der Waals surface area contributed by atoms with Crippen molar-refractivity contribution in [3.05, 3.63) is 96.3 Å². The smallest absolute Gasteiger partial charge is 0.344 e. The van der Waals surface area contributed by atoms with E-state index in [4.69, 9.17) is 0 Å². The summed E-state index contributed by atoms with van der Waals surface area (Å²) in [5.41, 5.74) is 0.0196. The highest BCUT2D eigenvalue weighted by molar-refractivity contribution is 7.91. The number of carbonyl (C=O) groups is 1. The molecule has 0 atom stereocenters. The van der Waals surface area contributed by atoms with E-state index < -0.39 is 33.3 Å². The number of halogens is 3. The van der Waals surface area contributed by atoms with E-state index in [9.17, 15) is 26.4 Å². The summed E-state index contributed by atoms with van der Waals surface area (Å²) in [6, 6.07) is 22.0. The number of hydrogen-bond donors (Lipinski definition) is 1. The number of para-hydroxylation sites is 2. The van der Waals surface area contributed by atoms with E-state index in [1.807, 2.05) is 30.3 Å². The molecule has 0 radical (unpaired) electrons. The fourth-order valence-electron chi connectivity index (χ4n) is 3.59. The number of nitrogens with zero attached hydrogens (tertiary/aromatic N) is 3. The predicted molar refractivity (Wildman–Crippen MR) is 129 cm³/mol. The van der Waals surface area contributed by atoms with Crippen molar-refractivity contribution in [3.63, 3.8) is 0 Å². The highest BCUT2D eigenvalue weighted by atomic mass is 32.2. The van der Waals surface area contributed by atoms with E-state index in [1.54, 1.807) is 35.2 Å². The Balaban J connectivity index is 1.61. The van der Waals surface area contributed by atoms with Crippen LogP contribution in [0.15, 0.2) is 94.7 Å². The molecule has 0 saturated carbocycles. The molecule has 0 aliphatic rings. The Morgan fingerprint density at radius 1 is 0.861 bits per heavy atom. The van der Waals surface area contributed by atoms with Crippen LogP contribution in [-0.4, -0.2) is 38.6 Å². The highest BCUT2D eigenvalue weighted by Crippen LogP contribution is 2.34. The van der Waals surface area contributed by atoms with Crippen molar-refractivity contribution in [3.8, 4) is 0 Å². The molecule has 36 heavy (non-hydrogen) atoms.